The lowest BCUT2D eigenvalue weighted by molar-refractivity contribution is 0.111. The van der Waals surface area contributed by atoms with Crippen molar-refractivity contribution in [2.45, 2.75) is 23.8 Å². The molecule has 1 aromatic carbocycles. The average Bonchev–Trinajstić information content (AvgIpc) is 2.98. The Kier molecular flexibility index (Phi) is 3.57. The van der Waals surface area contributed by atoms with E-state index in [0.717, 1.165) is 13.0 Å². The van der Waals surface area contributed by atoms with Crippen molar-refractivity contribution < 1.29 is 4.74 Å². The molecule has 0 amide bonds. The number of rotatable bonds is 2. The zero-order valence-electron chi connectivity index (χ0n) is 9.16. The first-order valence-electron chi connectivity index (χ1n) is 5.68. The average molecular weight is 376 g/mol. The summed E-state index contributed by atoms with van der Waals surface area (Å²) in [6.07, 6.45) is 2.66. The van der Waals surface area contributed by atoms with Crippen LogP contribution in [-0.2, 0) is 4.74 Å². The Balaban J connectivity index is 2.02. The van der Waals surface area contributed by atoms with Crippen molar-refractivity contribution >= 4 is 53.3 Å². The molecule has 0 spiro atoms. The largest absolute Gasteiger partial charge is 0.377 e. The van der Waals surface area contributed by atoms with Gasteiger partial charge in [-0.25, -0.2) is 0 Å². The third kappa shape index (κ3) is 2.21. The molecular weight excluding hydrogens is 364 g/mol. The Morgan fingerprint density at radius 3 is 3.06 bits per heavy atom. The summed E-state index contributed by atoms with van der Waals surface area (Å²) < 4.78 is 8.27. The van der Waals surface area contributed by atoms with Gasteiger partial charge in [-0.3, -0.25) is 0 Å². The van der Waals surface area contributed by atoms with E-state index in [2.05, 4.69) is 55.4 Å². The van der Waals surface area contributed by atoms with Crippen LogP contribution in [0.1, 0.15) is 23.2 Å². The molecule has 1 aliphatic rings. The number of halogens is 2. The minimum atomic E-state index is 0.313. The predicted molar refractivity (Wildman–Crippen MR) is 80.2 cm³/mol. The van der Waals surface area contributed by atoms with Gasteiger partial charge in [0.1, 0.15) is 0 Å². The molecular formula is C13H12Br2OS. The first-order valence-corrected chi connectivity index (χ1v) is 8.27. The maximum absolute atomic E-state index is 5.76. The normalized spacial score (nSPS) is 22.1. The van der Waals surface area contributed by atoms with Gasteiger partial charge in [-0.15, -0.1) is 11.3 Å². The van der Waals surface area contributed by atoms with Crippen LogP contribution in [0.15, 0.2) is 28.1 Å². The summed E-state index contributed by atoms with van der Waals surface area (Å²) in [6.45, 7) is 0.901. The van der Waals surface area contributed by atoms with Gasteiger partial charge in [0.05, 0.1) is 10.9 Å². The first kappa shape index (κ1) is 12.2. The molecule has 2 aromatic rings. The zero-order valence-corrected chi connectivity index (χ0v) is 13.1. The molecule has 0 N–H and O–H groups in total. The summed E-state index contributed by atoms with van der Waals surface area (Å²) in [5.74, 6) is 0. The van der Waals surface area contributed by atoms with Crippen LogP contribution < -0.4 is 0 Å². The fraction of sp³-hybridized carbons (Fsp3) is 0.385. The molecule has 1 aliphatic heterocycles. The Morgan fingerprint density at radius 1 is 1.41 bits per heavy atom. The van der Waals surface area contributed by atoms with Crippen molar-refractivity contribution in [3.05, 3.63) is 33.6 Å². The number of thiophene rings is 1. The molecule has 0 saturated carbocycles. The van der Waals surface area contributed by atoms with Crippen LogP contribution in [0.4, 0.5) is 0 Å². The second-order valence-corrected chi connectivity index (χ2v) is 6.98. The number of fused-ring (bicyclic) bond motifs is 1. The standard InChI is InChI=1S/C13H12Br2OS/c14-10-4-1-3-8-9(7-17-13(8)10)12(15)11-5-2-6-16-11/h1,3-4,7,11-12H,2,5-6H2. The van der Waals surface area contributed by atoms with Gasteiger partial charge in [-0.1, -0.05) is 28.1 Å². The van der Waals surface area contributed by atoms with E-state index in [-0.39, 0.29) is 0 Å². The van der Waals surface area contributed by atoms with Gasteiger partial charge in [0.15, 0.2) is 0 Å². The van der Waals surface area contributed by atoms with Gasteiger partial charge in [-0.05, 0) is 51.2 Å². The molecule has 4 heteroatoms. The van der Waals surface area contributed by atoms with Crippen LogP contribution in [-0.4, -0.2) is 12.7 Å². The van der Waals surface area contributed by atoms with E-state index in [1.807, 2.05) is 0 Å². The van der Waals surface area contributed by atoms with Crippen molar-refractivity contribution in [2.75, 3.05) is 6.61 Å². The summed E-state index contributed by atoms with van der Waals surface area (Å²) in [6, 6.07) is 6.38. The van der Waals surface area contributed by atoms with E-state index in [0.29, 0.717) is 10.9 Å². The van der Waals surface area contributed by atoms with E-state index >= 15 is 0 Å². The monoisotopic (exact) mass is 374 g/mol. The molecule has 2 unspecified atom stereocenters. The van der Waals surface area contributed by atoms with Gasteiger partial charge in [-0.2, -0.15) is 0 Å². The van der Waals surface area contributed by atoms with Gasteiger partial charge in [0, 0.05) is 15.8 Å². The maximum Gasteiger partial charge on any atom is 0.0742 e. The van der Waals surface area contributed by atoms with Crippen molar-refractivity contribution in [3.63, 3.8) is 0 Å². The van der Waals surface area contributed by atoms with Crippen molar-refractivity contribution in [1.29, 1.82) is 0 Å². The number of hydrogen-bond acceptors (Lipinski definition) is 2. The molecule has 3 rings (SSSR count). The number of benzene rings is 1. The highest BCUT2D eigenvalue weighted by atomic mass is 79.9. The Morgan fingerprint density at radius 2 is 2.29 bits per heavy atom. The summed E-state index contributed by atoms with van der Waals surface area (Å²) in [7, 11) is 0. The zero-order chi connectivity index (χ0) is 11.8. The van der Waals surface area contributed by atoms with E-state index in [1.54, 1.807) is 11.3 Å². The highest BCUT2D eigenvalue weighted by Crippen LogP contribution is 2.41. The minimum absolute atomic E-state index is 0.313. The molecule has 90 valence electrons. The molecule has 2 atom stereocenters. The highest BCUT2D eigenvalue weighted by Gasteiger charge is 2.27. The van der Waals surface area contributed by atoms with Gasteiger partial charge in [0.25, 0.3) is 0 Å². The first-order chi connectivity index (χ1) is 8.27. The lowest BCUT2D eigenvalue weighted by atomic mass is 10.0. The van der Waals surface area contributed by atoms with Crippen LogP contribution in [0.3, 0.4) is 0 Å². The molecule has 1 aromatic heterocycles. The van der Waals surface area contributed by atoms with Crippen LogP contribution in [0, 0.1) is 0 Å². The third-order valence-corrected chi connectivity index (χ3v) is 6.22. The lowest BCUT2D eigenvalue weighted by Crippen LogP contribution is -2.11. The maximum atomic E-state index is 5.76. The predicted octanol–water partition coefficient (Wildman–Crippen LogP) is 5.28. The topological polar surface area (TPSA) is 9.23 Å². The number of alkyl halides is 1. The number of hydrogen-bond donors (Lipinski definition) is 0. The Hall–Kier alpha value is 0.1000. The fourth-order valence-corrected chi connectivity index (χ4v) is 4.92. The smallest absolute Gasteiger partial charge is 0.0742 e. The Bertz CT molecular complexity index is 531. The molecule has 17 heavy (non-hydrogen) atoms. The minimum Gasteiger partial charge on any atom is -0.377 e. The molecule has 0 radical (unpaired) electrons. The van der Waals surface area contributed by atoms with E-state index in [4.69, 9.17) is 4.74 Å². The van der Waals surface area contributed by atoms with Crippen LogP contribution in [0.2, 0.25) is 0 Å². The van der Waals surface area contributed by atoms with Gasteiger partial charge in [0.2, 0.25) is 0 Å². The van der Waals surface area contributed by atoms with E-state index in [1.165, 1.54) is 26.5 Å². The molecule has 0 bridgehead atoms. The number of ether oxygens (including phenoxy) is 1. The van der Waals surface area contributed by atoms with Crippen LogP contribution in [0.25, 0.3) is 10.1 Å². The van der Waals surface area contributed by atoms with Crippen LogP contribution in [0.5, 0.6) is 0 Å². The SMILES string of the molecule is Brc1cccc2c(C(Br)C3CCCO3)csc12. The third-order valence-electron chi connectivity index (χ3n) is 3.17. The second-order valence-electron chi connectivity index (χ2n) is 4.26. The van der Waals surface area contributed by atoms with E-state index in [9.17, 15) is 0 Å². The van der Waals surface area contributed by atoms with Gasteiger partial charge >= 0.3 is 0 Å². The molecule has 1 saturated heterocycles. The van der Waals surface area contributed by atoms with Gasteiger partial charge < -0.3 is 4.74 Å². The van der Waals surface area contributed by atoms with Crippen molar-refractivity contribution in [3.8, 4) is 0 Å². The summed E-state index contributed by atoms with van der Waals surface area (Å²) in [5.41, 5.74) is 1.36. The van der Waals surface area contributed by atoms with Crippen molar-refractivity contribution in [1.82, 2.24) is 0 Å². The summed E-state index contributed by atoms with van der Waals surface area (Å²) >= 11 is 9.21. The van der Waals surface area contributed by atoms with E-state index < -0.39 is 0 Å². The summed E-state index contributed by atoms with van der Waals surface area (Å²) in [5, 5.41) is 3.58. The Labute approximate surface area is 121 Å². The quantitative estimate of drug-likeness (QED) is 0.649. The molecule has 2 heterocycles. The summed E-state index contributed by atoms with van der Waals surface area (Å²) in [4.78, 5) is 0.313. The fourth-order valence-electron chi connectivity index (χ4n) is 2.29. The highest BCUT2D eigenvalue weighted by molar-refractivity contribution is 9.10. The molecule has 0 aliphatic carbocycles. The lowest BCUT2D eigenvalue weighted by Gasteiger charge is -2.16. The molecule has 1 fully saturated rings. The second kappa shape index (κ2) is 5.00. The molecule has 1 nitrogen and oxygen atoms in total. The van der Waals surface area contributed by atoms with Crippen LogP contribution >= 0.6 is 43.2 Å². The van der Waals surface area contributed by atoms with Crippen molar-refractivity contribution in [2.24, 2.45) is 0 Å².